The van der Waals surface area contributed by atoms with E-state index in [1.165, 1.54) is 11.0 Å². The van der Waals surface area contributed by atoms with Gasteiger partial charge in [0, 0.05) is 24.4 Å². The first-order valence-electron chi connectivity index (χ1n) is 14.4. The Labute approximate surface area is 271 Å². The summed E-state index contributed by atoms with van der Waals surface area (Å²) in [6.45, 7) is 8.76. The van der Waals surface area contributed by atoms with Crippen molar-refractivity contribution in [2.45, 2.75) is 72.3 Å². The molecule has 3 aromatic rings. The fourth-order valence-electron chi connectivity index (χ4n) is 5.68. The highest BCUT2D eigenvalue weighted by Crippen LogP contribution is 2.35. The molecule has 0 aliphatic heterocycles. The minimum absolute atomic E-state index is 0. The maximum atomic E-state index is 15.4. The highest BCUT2D eigenvalue weighted by Gasteiger charge is 2.36. The topological polar surface area (TPSA) is 91.6 Å². The smallest absolute Gasteiger partial charge is 0.416 e. The summed E-state index contributed by atoms with van der Waals surface area (Å²) in [7, 11) is 3.09. The molecule has 13 heteroatoms. The molecule has 1 aromatic heterocycles. The molecule has 0 saturated heterocycles. The molecule has 2 atom stereocenters. The van der Waals surface area contributed by atoms with Gasteiger partial charge in [0.25, 0.3) is 5.56 Å². The second-order valence-electron chi connectivity index (χ2n) is 12.1. The molecule has 0 aliphatic carbocycles. The van der Waals surface area contributed by atoms with Gasteiger partial charge in [-0.1, -0.05) is 31.5 Å². The molecule has 7 nitrogen and oxygen atoms in total. The van der Waals surface area contributed by atoms with Crippen LogP contribution in [0.3, 0.4) is 0 Å². The first-order valence-corrected chi connectivity index (χ1v) is 14.4. The number of alkyl halides is 3. The van der Waals surface area contributed by atoms with Gasteiger partial charge in [0.2, 0.25) is 5.91 Å². The molecule has 0 bridgehead atoms. The van der Waals surface area contributed by atoms with E-state index in [9.17, 15) is 32.7 Å². The predicted octanol–water partition coefficient (Wildman–Crippen LogP) is 6.83. The zero-order chi connectivity index (χ0) is 34.0. The lowest BCUT2D eigenvalue weighted by molar-refractivity contribution is -0.139. The molecule has 2 aromatic carbocycles. The van der Waals surface area contributed by atoms with Crippen molar-refractivity contribution in [2.24, 2.45) is 5.92 Å². The molecule has 0 aliphatic rings. The summed E-state index contributed by atoms with van der Waals surface area (Å²) >= 11 is 0. The number of nitrogens with zero attached hydrogens (tertiary/aromatic N) is 2. The summed E-state index contributed by atoms with van der Waals surface area (Å²) in [5, 5.41) is 12.1. The average Bonchev–Trinajstić information content (AvgIpc) is 2.87. The Bertz CT molecular complexity index is 1630. The maximum absolute atomic E-state index is 15.4. The van der Waals surface area contributed by atoms with Gasteiger partial charge >= 0.3 is 12.1 Å². The van der Waals surface area contributed by atoms with E-state index in [1.54, 1.807) is 41.8 Å². The van der Waals surface area contributed by atoms with Gasteiger partial charge in [0.05, 0.1) is 18.0 Å². The van der Waals surface area contributed by atoms with Crippen LogP contribution in [0.2, 0.25) is 0 Å². The quantitative estimate of drug-likeness (QED) is 0.219. The van der Waals surface area contributed by atoms with Crippen LogP contribution < -0.4 is 10.9 Å². The number of halogens is 5. The summed E-state index contributed by atoms with van der Waals surface area (Å²) in [5.74, 6) is -5.20. The lowest BCUT2D eigenvalue weighted by Gasteiger charge is -2.27. The van der Waals surface area contributed by atoms with E-state index in [0.717, 1.165) is 33.5 Å². The molecule has 1 heterocycles. The highest BCUT2D eigenvalue weighted by atomic mass is 32.1. The Hall–Kier alpha value is -3.71. The number of aromatic nitrogens is 1. The van der Waals surface area contributed by atoms with Crippen molar-refractivity contribution in [3.63, 3.8) is 0 Å². The third-order valence-corrected chi connectivity index (χ3v) is 7.38. The second kappa shape index (κ2) is 15.3. The van der Waals surface area contributed by atoms with E-state index in [0.29, 0.717) is 11.6 Å². The summed E-state index contributed by atoms with van der Waals surface area (Å²) in [6.07, 6.45) is -4.70. The number of hydrogen-bond donors (Lipinski definition) is 2. The molecular weight excluding hydrogens is 629 g/mol. The van der Waals surface area contributed by atoms with Gasteiger partial charge in [-0.2, -0.15) is 26.7 Å². The van der Waals surface area contributed by atoms with Crippen molar-refractivity contribution >= 4 is 25.4 Å². The fourth-order valence-corrected chi connectivity index (χ4v) is 5.68. The van der Waals surface area contributed by atoms with Gasteiger partial charge in [-0.25, -0.2) is 8.78 Å². The zero-order valence-electron chi connectivity index (χ0n) is 26.8. The lowest BCUT2D eigenvalue weighted by Crippen LogP contribution is -2.41. The van der Waals surface area contributed by atoms with Crippen molar-refractivity contribution in [1.29, 1.82) is 0 Å². The van der Waals surface area contributed by atoms with Crippen LogP contribution >= 0.6 is 13.5 Å². The number of aryl methyl sites for hydroxylation is 3. The average molecular weight is 670 g/mol. The van der Waals surface area contributed by atoms with Gasteiger partial charge in [0.15, 0.2) is 11.6 Å². The van der Waals surface area contributed by atoms with Gasteiger partial charge < -0.3 is 19.9 Å². The number of carbonyl (C=O) groups is 2. The summed E-state index contributed by atoms with van der Waals surface area (Å²) in [6, 6.07) is 3.49. The largest absolute Gasteiger partial charge is 0.481 e. The predicted molar refractivity (Wildman–Crippen MR) is 171 cm³/mol. The van der Waals surface area contributed by atoms with Crippen LogP contribution in [0.5, 0.6) is 0 Å². The van der Waals surface area contributed by atoms with Crippen molar-refractivity contribution in [2.75, 3.05) is 14.1 Å². The number of rotatable bonds is 11. The van der Waals surface area contributed by atoms with Crippen molar-refractivity contribution < 1.29 is 36.6 Å². The van der Waals surface area contributed by atoms with E-state index in [-0.39, 0.29) is 43.5 Å². The number of carbonyl (C=O) groups excluding carboxylic acids is 1. The molecule has 0 radical (unpaired) electrons. The first kappa shape index (κ1) is 38.5. The van der Waals surface area contributed by atoms with Crippen LogP contribution in [0.25, 0.3) is 11.1 Å². The standard InChI is InChI=1S/C33H38F5N3O4.H2S/c1-17(2)8-27(41-16-22(15-40(6)7)24(13-28(41)42)33(36,37)38)32(45)39-26(14-29(43)44)23-11-21(12-25(34)31(23)35)30-19(4)9-18(3)10-20(30)5;/h9-13,16-17,26-27H,8,14-15H2,1-7H3,(H,39,45)(H,43,44);1H2/t26-,27?;/m0./s1. The van der Waals surface area contributed by atoms with Crippen LogP contribution in [-0.4, -0.2) is 40.5 Å². The zero-order valence-corrected chi connectivity index (χ0v) is 27.8. The van der Waals surface area contributed by atoms with E-state index >= 15 is 8.78 Å². The molecule has 0 spiro atoms. The van der Waals surface area contributed by atoms with E-state index in [2.05, 4.69) is 5.32 Å². The Kier molecular flexibility index (Phi) is 12.8. The summed E-state index contributed by atoms with van der Waals surface area (Å²) in [5.41, 5.74) is 0.489. The Balaban J connectivity index is 0.00000736. The number of nitrogens with one attached hydrogen (secondary N) is 1. The molecular formula is C33H40F5N3O4S. The van der Waals surface area contributed by atoms with Crippen LogP contribution in [0, 0.1) is 38.3 Å². The van der Waals surface area contributed by atoms with Gasteiger partial charge in [0.1, 0.15) is 6.04 Å². The molecule has 2 N–H and O–H groups in total. The summed E-state index contributed by atoms with van der Waals surface area (Å²) in [4.78, 5) is 40.2. The van der Waals surface area contributed by atoms with Crippen LogP contribution in [0.4, 0.5) is 22.0 Å². The number of carboxylic acids is 1. The third kappa shape index (κ3) is 9.18. The second-order valence-corrected chi connectivity index (χ2v) is 12.1. The van der Waals surface area contributed by atoms with E-state index in [1.807, 2.05) is 19.1 Å². The van der Waals surface area contributed by atoms with Gasteiger partial charge in [-0.15, -0.1) is 0 Å². The number of aliphatic carboxylic acids is 1. The van der Waals surface area contributed by atoms with Crippen molar-refractivity contribution in [1.82, 2.24) is 14.8 Å². The minimum atomic E-state index is -4.83. The number of pyridine rings is 1. The molecule has 252 valence electrons. The van der Waals surface area contributed by atoms with E-state index < -0.39 is 64.9 Å². The first-order chi connectivity index (χ1) is 20.8. The molecule has 46 heavy (non-hydrogen) atoms. The Morgan fingerprint density at radius 2 is 1.59 bits per heavy atom. The molecule has 1 amide bonds. The number of amides is 1. The van der Waals surface area contributed by atoms with Crippen LogP contribution in [-0.2, 0) is 22.3 Å². The molecule has 0 fully saturated rings. The normalized spacial score (nSPS) is 13.0. The molecule has 1 unspecified atom stereocenters. The SMILES string of the molecule is Cc1cc(C)c(-c2cc(F)c(F)c([C@H](CC(=O)O)NC(=O)C(CC(C)C)n3cc(CN(C)C)c(C(F)(F)F)cc3=O)c2)c(C)c1.S. The summed E-state index contributed by atoms with van der Waals surface area (Å²) < 4.78 is 72.7. The third-order valence-electron chi connectivity index (χ3n) is 7.38. The monoisotopic (exact) mass is 669 g/mol. The fraction of sp³-hybridized carbons (Fsp3) is 0.424. The minimum Gasteiger partial charge on any atom is -0.481 e. The van der Waals surface area contributed by atoms with E-state index in [4.69, 9.17) is 0 Å². The van der Waals surface area contributed by atoms with Crippen molar-refractivity contribution in [3.05, 3.63) is 91.9 Å². The van der Waals surface area contributed by atoms with Gasteiger partial charge in [-0.3, -0.25) is 14.4 Å². The maximum Gasteiger partial charge on any atom is 0.416 e. The Morgan fingerprint density at radius 1 is 1.00 bits per heavy atom. The number of benzene rings is 2. The number of carboxylic acid groups (broad SMARTS) is 1. The lowest BCUT2D eigenvalue weighted by atomic mass is 9.90. The van der Waals surface area contributed by atoms with Crippen molar-refractivity contribution in [3.8, 4) is 11.1 Å². The number of hydrogen-bond acceptors (Lipinski definition) is 4. The van der Waals surface area contributed by atoms with Gasteiger partial charge in [-0.05, 0) is 87.2 Å². The molecule has 3 rings (SSSR count). The highest BCUT2D eigenvalue weighted by molar-refractivity contribution is 7.59. The van der Waals surface area contributed by atoms with Crippen LogP contribution in [0.15, 0.2) is 41.3 Å². The van der Waals surface area contributed by atoms with Crippen LogP contribution in [0.1, 0.15) is 72.2 Å². The Morgan fingerprint density at radius 3 is 2.09 bits per heavy atom. The molecule has 0 saturated carbocycles.